The summed E-state index contributed by atoms with van der Waals surface area (Å²) in [5.74, 6) is 1.16. The molecule has 0 amide bonds. The average molecular weight is 353 g/mol. The Labute approximate surface area is 110 Å². The van der Waals surface area contributed by atoms with Crippen LogP contribution in [0.3, 0.4) is 0 Å². The highest BCUT2D eigenvalue weighted by Crippen LogP contribution is 2.28. The highest BCUT2D eigenvalue weighted by Gasteiger charge is 2.06. The van der Waals surface area contributed by atoms with Gasteiger partial charge in [0.15, 0.2) is 0 Å². The van der Waals surface area contributed by atoms with E-state index in [1.165, 1.54) is 11.3 Å². The maximum Gasteiger partial charge on any atom is 0.299 e. The number of hydrogen-bond donors (Lipinski definition) is 0. The van der Waals surface area contributed by atoms with E-state index in [2.05, 4.69) is 32.8 Å². The Hall–Kier alpha value is -0.400. The number of nitrogens with zero attached hydrogens (tertiary/aromatic N) is 2. The van der Waals surface area contributed by atoms with E-state index in [1.807, 2.05) is 24.3 Å². The molecule has 2 aromatic rings. The van der Waals surface area contributed by atoms with Gasteiger partial charge in [-0.1, -0.05) is 28.6 Å². The fourth-order valence-corrected chi connectivity index (χ4v) is 2.22. The molecular formula is C9H6ClIN2OS. The Kier molecular flexibility index (Phi) is 3.76. The fraction of sp³-hybridized carbons (Fsp3) is 0.111. The third kappa shape index (κ3) is 2.79. The van der Waals surface area contributed by atoms with Crippen molar-refractivity contribution in [2.75, 3.05) is 0 Å². The van der Waals surface area contributed by atoms with Gasteiger partial charge in [-0.15, -0.1) is 16.7 Å². The summed E-state index contributed by atoms with van der Waals surface area (Å²) >= 11 is 9.19. The first-order valence-electron chi connectivity index (χ1n) is 4.10. The van der Waals surface area contributed by atoms with Crippen LogP contribution in [0.4, 0.5) is 0 Å². The zero-order valence-corrected chi connectivity index (χ0v) is 11.2. The van der Waals surface area contributed by atoms with Crippen molar-refractivity contribution >= 4 is 45.5 Å². The van der Waals surface area contributed by atoms with E-state index < -0.39 is 0 Å². The van der Waals surface area contributed by atoms with Crippen LogP contribution in [-0.2, 0) is 5.88 Å². The second kappa shape index (κ2) is 5.09. The molecule has 0 bridgehead atoms. The van der Waals surface area contributed by atoms with E-state index in [9.17, 15) is 0 Å². The summed E-state index contributed by atoms with van der Waals surface area (Å²) in [4.78, 5) is 0. The molecule has 0 unspecified atom stereocenters. The van der Waals surface area contributed by atoms with E-state index >= 15 is 0 Å². The molecule has 0 aliphatic heterocycles. The minimum Gasteiger partial charge on any atom is -0.429 e. The first kappa shape index (κ1) is 11.1. The lowest BCUT2D eigenvalue weighted by molar-refractivity contribution is 0.470. The molecule has 1 aromatic carbocycles. The highest BCUT2D eigenvalue weighted by atomic mass is 127. The monoisotopic (exact) mass is 352 g/mol. The maximum absolute atomic E-state index is 5.63. The first-order chi connectivity index (χ1) is 7.29. The van der Waals surface area contributed by atoms with Gasteiger partial charge < -0.3 is 4.74 Å². The van der Waals surface area contributed by atoms with Crippen LogP contribution >= 0.6 is 45.5 Å². The van der Waals surface area contributed by atoms with Crippen molar-refractivity contribution in [3.05, 3.63) is 32.8 Å². The van der Waals surface area contributed by atoms with Crippen molar-refractivity contribution in [2.24, 2.45) is 0 Å². The van der Waals surface area contributed by atoms with Crippen LogP contribution in [0.5, 0.6) is 10.9 Å². The van der Waals surface area contributed by atoms with Gasteiger partial charge in [-0.2, -0.15) is 0 Å². The molecule has 0 spiro atoms. The van der Waals surface area contributed by atoms with E-state index in [0.717, 1.165) is 14.3 Å². The van der Waals surface area contributed by atoms with Crippen molar-refractivity contribution in [1.82, 2.24) is 10.2 Å². The molecule has 78 valence electrons. The Morgan fingerprint density at radius 2 is 2.13 bits per heavy atom. The molecule has 15 heavy (non-hydrogen) atoms. The SMILES string of the molecule is ClCc1nnc(Oc2ccccc2I)s1. The number of para-hydroxylation sites is 1. The van der Waals surface area contributed by atoms with E-state index in [1.54, 1.807) is 0 Å². The highest BCUT2D eigenvalue weighted by molar-refractivity contribution is 14.1. The Bertz CT molecular complexity index is 463. The molecule has 6 heteroatoms. The quantitative estimate of drug-likeness (QED) is 0.624. The molecule has 0 N–H and O–H groups in total. The fourth-order valence-electron chi connectivity index (χ4n) is 0.955. The predicted octanol–water partition coefficient (Wildman–Crippen LogP) is 3.67. The molecule has 1 heterocycles. The van der Waals surface area contributed by atoms with Gasteiger partial charge in [0, 0.05) is 0 Å². The van der Waals surface area contributed by atoms with Crippen LogP contribution in [-0.4, -0.2) is 10.2 Å². The lowest BCUT2D eigenvalue weighted by atomic mass is 10.3. The molecule has 0 saturated carbocycles. The van der Waals surface area contributed by atoms with E-state index in [-0.39, 0.29) is 0 Å². The normalized spacial score (nSPS) is 10.3. The minimum absolute atomic E-state index is 0.368. The Balaban J connectivity index is 2.18. The summed E-state index contributed by atoms with van der Waals surface area (Å²) in [7, 11) is 0. The smallest absolute Gasteiger partial charge is 0.299 e. The van der Waals surface area contributed by atoms with Crippen LogP contribution < -0.4 is 4.74 Å². The number of hydrogen-bond acceptors (Lipinski definition) is 4. The van der Waals surface area contributed by atoms with Crippen LogP contribution in [0.25, 0.3) is 0 Å². The standard InChI is InChI=1S/C9H6ClIN2OS/c10-5-8-12-13-9(15-8)14-7-4-2-1-3-6(7)11/h1-4H,5H2. The molecule has 1 aromatic heterocycles. The molecule has 0 aliphatic carbocycles. The number of aromatic nitrogens is 2. The van der Waals surface area contributed by atoms with Crippen LogP contribution in [0.1, 0.15) is 5.01 Å². The lowest BCUT2D eigenvalue weighted by Gasteiger charge is -2.02. The Morgan fingerprint density at radius 1 is 1.33 bits per heavy atom. The van der Waals surface area contributed by atoms with Crippen LogP contribution in [0, 0.1) is 3.57 Å². The molecule has 2 rings (SSSR count). The molecular weight excluding hydrogens is 347 g/mol. The Morgan fingerprint density at radius 3 is 2.80 bits per heavy atom. The number of halogens is 2. The summed E-state index contributed by atoms with van der Waals surface area (Å²) in [6, 6.07) is 7.74. The molecule has 3 nitrogen and oxygen atoms in total. The van der Waals surface area contributed by atoms with Gasteiger partial charge >= 0.3 is 0 Å². The maximum atomic E-state index is 5.63. The van der Waals surface area contributed by atoms with Gasteiger partial charge in [0.1, 0.15) is 10.8 Å². The van der Waals surface area contributed by atoms with Gasteiger partial charge in [-0.05, 0) is 34.7 Å². The van der Waals surface area contributed by atoms with Crippen molar-refractivity contribution in [1.29, 1.82) is 0 Å². The van der Waals surface area contributed by atoms with Crippen LogP contribution in [0.15, 0.2) is 24.3 Å². The van der Waals surface area contributed by atoms with Crippen molar-refractivity contribution in [3.8, 4) is 10.9 Å². The molecule has 0 aliphatic rings. The molecule has 0 fully saturated rings. The first-order valence-corrected chi connectivity index (χ1v) is 6.53. The lowest BCUT2D eigenvalue weighted by Crippen LogP contribution is -1.85. The van der Waals surface area contributed by atoms with Crippen LogP contribution in [0.2, 0.25) is 0 Å². The summed E-state index contributed by atoms with van der Waals surface area (Å²) < 4.78 is 6.61. The third-order valence-corrected chi connectivity index (χ3v) is 3.70. The molecule has 0 saturated heterocycles. The second-order valence-corrected chi connectivity index (χ2v) is 5.08. The van der Waals surface area contributed by atoms with E-state index in [4.69, 9.17) is 16.3 Å². The topological polar surface area (TPSA) is 35.0 Å². The third-order valence-electron chi connectivity index (χ3n) is 1.60. The van der Waals surface area contributed by atoms with Gasteiger partial charge in [0.25, 0.3) is 5.19 Å². The minimum atomic E-state index is 0.368. The number of rotatable bonds is 3. The van der Waals surface area contributed by atoms with Crippen molar-refractivity contribution in [2.45, 2.75) is 5.88 Å². The van der Waals surface area contributed by atoms with Gasteiger partial charge in [-0.3, -0.25) is 0 Å². The predicted molar refractivity (Wildman–Crippen MR) is 68.7 cm³/mol. The largest absolute Gasteiger partial charge is 0.429 e. The molecule has 0 radical (unpaired) electrons. The summed E-state index contributed by atoms with van der Waals surface area (Å²) in [5.41, 5.74) is 0. The second-order valence-electron chi connectivity index (χ2n) is 2.63. The number of ether oxygens (including phenoxy) is 1. The summed E-state index contributed by atoms with van der Waals surface area (Å²) in [6.45, 7) is 0. The summed E-state index contributed by atoms with van der Waals surface area (Å²) in [6.07, 6.45) is 0. The van der Waals surface area contributed by atoms with Gasteiger partial charge in [0.2, 0.25) is 0 Å². The average Bonchev–Trinajstić information content (AvgIpc) is 2.69. The van der Waals surface area contributed by atoms with Crippen molar-refractivity contribution < 1.29 is 4.74 Å². The molecule has 0 atom stereocenters. The van der Waals surface area contributed by atoms with Crippen molar-refractivity contribution in [3.63, 3.8) is 0 Å². The van der Waals surface area contributed by atoms with E-state index in [0.29, 0.717) is 11.1 Å². The van der Waals surface area contributed by atoms with Gasteiger partial charge in [-0.25, -0.2) is 0 Å². The zero-order chi connectivity index (χ0) is 10.7. The number of benzene rings is 1. The van der Waals surface area contributed by atoms with Gasteiger partial charge in [0.05, 0.1) is 9.45 Å². The number of alkyl halides is 1. The summed E-state index contributed by atoms with van der Waals surface area (Å²) in [5, 5.41) is 9.04. The zero-order valence-electron chi connectivity index (χ0n) is 7.48.